The number of hydrogen-bond donors (Lipinski definition) is 0. The number of hydrogen-bond acceptors (Lipinski definition) is 6. The van der Waals surface area contributed by atoms with Crippen molar-refractivity contribution in [3.05, 3.63) is 92.7 Å². The Kier molecular flexibility index (Phi) is 5.26. The topological polar surface area (TPSA) is 74.1 Å². The summed E-state index contributed by atoms with van der Waals surface area (Å²) in [6.45, 7) is -0.373. The number of esters is 1. The Morgan fingerprint density at radius 1 is 1.10 bits per heavy atom. The van der Waals surface area contributed by atoms with Crippen LogP contribution in [0.15, 0.2) is 70.8 Å². The molecule has 0 aliphatic heterocycles. The lowest BCUT2D eigenvalue weighted by Gasteiger charge is -2.09. The second-order valence-electron chi connectivity index (χ2n) is 6.06. The van der Waals surface area contributed by atoms with Gasteiger partial charge in [-0.1, -0.05) is 35.5 Å². The summed E-state index contributed by atoms with van der Waals surface area (Å²) < 4.78 is 19.5. The second-order valence-corrected chi connectivity index (χ2v) is 7.01. The highest BCUT2D eigenvalue weighted by atomic mass is 32.1. The van der Waals surface area contributed by atoms with E-state index in [-0.39, 0.29) is 12.5 Å². The molecule has 0 atom stereocenters. The molecule has 144 valence electrons. The number of carbonyl (C=O) groups excluding carboxylic acids is 1. The fraction of sp³-hybridized carbons (Fsp3) is 0.0476. The van der Waals surface area contributed by atoms with E-state index in [4.69, 9.17) is 4.74 Å². The summed E-state index contributed by atoms with van der Waals surface area (Å²) in [6, 6.07) is 16.1. The molecule has 0 radical (unpaired) electrons. The summed E-state index contributed by atoms with van der Waals surface area (Å²) in [5.41, 5.74) is 1.02. The molecule has 0 unspecified atom stereocenters. The molecule has 0 saturated carbocycles. The van der Waals surface area contributed by atoms with Crippen molar-refractivity contribution in [3.8, 4) is 0 Å². The van der Waals surface area contributed by atoms with Crippen molar-refractivity contribution < 1.29 is 13.9 Å². The molecular formula is C21H14FN3O3S. The van der Waals surface area contributed by atoms with Gasteiger partial charge in [-0.15, -0.1) is 16.4 Å². The summed E-state index contributed by atoms with van der Waals surface area (Å²) in [6.07, 6.45) is 1.61. The molecule has 0 aliphatic rings. The predicted molar refractivity (Wildman–Crippen MR) is 108 cm³/mol. The van der Waals surface area contributed by atoms with E-state index < -0.39 is 11.5 Å². The Bertz CT molecular complexity index is 1250. The van der Waals surface area contributed by atoms with E-state index in [2.05, 4.69) is 10.3 Å². The summed E-state index contributed by atoms with van der Waals surface area (Å²) in [5.74, 6) is -0.990. The van der Waals surface area contributed by atoms with E-state index in [1.807, 2.05) is 11.4 Å². The number of aromatic nitrogens is 3. The Labute approximate surface area is 168 Å². The van der Waals surface area contributed by atoms with E-state index >= 15 is 0 Å². The highest BCUT2D eigenvalue weighted by Crippen LogP contribution is 2.24. The molecule has 2 aromatic heterocycles. The van der Waals surface area contributed by atoms with Gasteiger partial charge in [0.15, 0.2) is 6.73 Å². The van der Waals surface area contributed by atoms with Gasteiger partial charge >= 0.3 is 5.97 Å². The maximum absolute atomic E-state index is 13.2. The lowest BCUT2D eigenvalue weighted by Crippen LogP contribution is -2.26. The van der Waals surface area contributed by atoms with Crippen molar-refractivity contribution in [1.29, 1.82) is 0 Å². The second kappa shape index (κ2) is 8.15. The van der Waals surface area contributed by atoms with Gasteiger partial charge in [-0.25, -0.2) is 9.18 Å². The molecule has 0 amide bonds. The molecule has 2 heterocycles. The van der Waals surface area contributed by atoms with E-state index in [1.54, 1.807) is 48.5 Å². The number of carbonyl (C=O) groups is 1. The quantitative estimate of drug-likeness (QED) is 0.372. The number of ether oxygens (including phenoxy) is 1. The fourth-order valence-corrected chi connectivity index (χ4v) is 3.42. The third-order valence-electron chi connectivity index (χ3n) is 4.13. The Morgan fingerprint density at radius 3 is 2.66 bits per heavy atom. The zero-order valence-corrected chi connectivity index (χ0v) is 15.8. The largest absolute Gasteiger partial charge is 0.439 e. The third-order valence-corrected chi connectivity index (χ3v) is 5.04. The van der Waals surface area contributed by atoms with E-state index in [0.29, 0.717) is 26.9 Å². The minimum absolute atomic E-state index is 0.299. The van der Waals surface area contributed by atoms with Crippen LogP contribution in [-0.2, 0) is 16.3 Å². The van der Waals surface area contributed by atoms with Crippen LogP contribution < -0.4 is 5.56 Å². The van der Waals surface area contributed by atoms with Gasteiger partial charge in [-0.3, -0.25) is 4.79 Å². The number of benzene rings is 2. The number of halogens is 1. The molecule has 2 aromatic carbocycles. The maximum atomic E-state index is 13.2. The lowest BCUT2D eigenvalue weighted by atomic mass is 10.1. The molecular weight excluding hydrogens is 393 g/mol. The van der Waals surface area contributed by atoms with Gasteiger partial charge in [-0.2, -0.15) is 4.68 Å². The SMILES string of the molecule is O=C(OCn1nnc2ccccc2c1=O)C(=Cc1ccc(F)cc1)c1cccs1. The first kappa shape index (κ1) is 18.7. The summed E-state index contributed by atoms with van der Waals surface area (Å²) in [5, 5.41) is 10.00. The van der Waals surface area contributed by atoms with E-state index in [9.17, 15) is 14.0 Å². The molecule has 0 spiro atoms. The molecule has 0 bridgehead atoms. The molecule has 0 N–H and O–H groups in total. The van der Waals surface area contributed by atoms with E-state index in [0.717, 1.165) is 4.68 Å². The van der Waals surface area contributed by atoms with Crippen molar-refractivity contribution in [1.82, 2.24) is 15.0 Å². The first-order valence-electron chi connectivity index (χ1n) is 8.62. The van der Waals surface area contributed by atoms with Gasteiger partial charge in [0.1, 0.15) is 11.3 Å². The van der Waals surface area contributed by atoms with Crippen LogP contribution in [0.3, 0.4) is 0 Å². The smallest absolute Gasteiger partial charge is 0.341 e. The van der Waals surface area contributed by atoms with Crippen LogP contribution in [0.25, 0.3) is 22.6 Å². The first-order chi connectivity index (χ1) is 14.1. The highest BCUT2D eigenvalue weighted by molar-refractivity contribution is 7.11. The van der Waals surface area contributed by atoms with Crippen molar-refractivity contribution in [2.24, 2.45) is 0 Å². The Balaban J connectivity index is 1.60. The molecule has 29 heavy (non-hydrogen) atoms. The minimum Gasteiger partial charge on any atom is -0.439 e. The number of nitrogens with zero attached hydrogens (tertiary/aromatic N) is 3. The van der Waals surface area contributed by atoms with Crippen LogP contribution in [0.5, 0.6) is 0 Å². The zero-order chi connectivity index (χ0) is 20.2. The van der Waals surface area contributed by atoms with Crippen LogP contribution >= 0.6 is 11.3 Å². The monoisotopic (exact) mass is 407 g/mol. The number of fused-ring (bicyclic) bond motifs is 1. The standard InChI is InChI=1S/C21H14FN3O3S/c22-15-9-7-14(8-10-15)12-17(19-6-3-11-29-19)21(27)28-13-25-20(26)16-4-1-2-5-18(16)23-24-25/h1-12H,13H2. The van der Waals surface area contributed by atoms with Crippen LogP contribution in [0, 0.1) is 5.82 Å². The summed E-state index contributed by atoms with van der Waals surface area (Å²) in [7, 11) is 0. The van der Waals surface area contributed by atoms with Crippen molar-refractivity contribution in [3.63, 3.8) is 0 Å². The van der Waals surface area contributed by atoms with Gasteiger partial charge in [0, 0.05) is 4.88 Å². The van der Waals surface area contributed by atoms with Gasteiger partial charge in [-0.05, 0) is 47.4 Å². The Morgan fingerprint density at radius 2 is 1.90 bits per heavy atom. The molecule has 8 heteroatoms. The van der Waals surface area contributed by atoms with Gasteiger partial charge in [0.25, 0.3) is 5.56 Å². The summed E-state index contributed by atoms with van der Waals surface area (Å²) in [4.78, 5) is 25.9. The zero-order valence-electron chi connectivity index (χ0n) is 15.0. The normalized spacial score (nSPS) is 11.6. The molecule has 4 rings (SSSR count). The fourth-order valence-electron chi connectivity index (χ4n) is 2.69. The maximum Gasteiger partial charge on any atom is 0.341 e. The summed E-state index contributed by atoms with van der Waals surface area (Å²) >= 11 is 1.37. The van der Waals surface area contributed by atoms with Crippen LogP contribution in [0.2, 0.25) is 0 Å². The molecule has 4 aromatic rings. The average molecular weight is 407 g/mol. The first-order valence-corrected chi connectivity index (χ1v) is 9.50. The van der Waals surface area contributed by atoms with Crippen molar-refractivity contribution in [2.45, 2.75) is 6.73 Å². The average Bonchev–Trinajstić information content (AvgIpc) is 3.27. The highest BCUT2D eigenvalue weighted by Gasteiger charge is 2.16. The number of rotatable bonds is 5. The number of thiophene rings is 1. The van der Waals surface area contributed by atoms with Gasteiger partial charge in [0.2, 0.25) is 0 Å². The van der Waals surface area contributed by atoms with Crippen LogP contribution in [0.4, 0.5) is 4.39 Å². The Hall–Kier alpha value is -3.65. The third kappa shape index (κ3) is 4.12. The lowest BCUT2D eigenvalue weighted by molar-refractivity contribution is -0.140. The molecule has 0 fully saturated rings. The van der Waals surface area contributed by atoms with Gasteiger partial charge in [0.05, 0.1) is 11.0 Å². The van der Waals surface area contributed by atoms with Crippen LogP contribution in [0.1, 0.15) is 10.4 Å². The van der Waals surface area contributed by atoms with Crippen molar-refractivity contribution in [2.75, 3.05) is 0 Å². The predicted octanol–water partition coefficient (Wildman–Crippen LogP) is 3.73. The molecule has 6 nitrogen and oxygen atoms in total. The van der Waals surface area contributed by atoms with E-state index in [1.165, 1.54) is 23.5 Å². The van der Waals surface area contributed by atoms with Crippen LogP contribution in [-0.4, -0.2) is 21.0 Å². The van der Waals surface area contributed by atoms with Gasteiger partial charge < -0.3 is 4.74 Å². The molecule has 0 aliphatic carbocycles. The minimum atomic E-state index is -0.626. The van der Waals surface area contributed by atoms with Crippen molar-refractivity contribution >= 4 is 39.9 Å². The molecule has 0 saturated heterocycles.